The Labute approximate surface area is 66.3 Å². The van der Waals surface area contributed by atoms with Crippen molar-refractivity contribution in [3.05, 3.63) is 36.1 Å². The van der Waals surface area contributed by atoms with Crippen molar-refractivity contribution in [2.75, 3.05) is 0 Å². The molecule has 2 nitrogen and oxygen atoms in total. The quantitative estimate of drug-likeness (QED) is 0.604. The zero-order chi connectivity index (χ0) is 8.27. The van der Waals surface area contributed by atoms with Crippen molar-refractivity contribution in [1.29, 1.82) is 0 Å². The molecule has 1 aromatic heterocycles. The highest BCUT2D eigenvalue weighted by Gasteiger charge is 1.92. The van der Waals surface area contributed by atoms with E-state index in [-0.39, 0.29) is 0 Å². The van der Waals surface area contributed by atoms with Crippen molar-refractivity contribution in [2.45, 2.75) is 13.8 Å². The number of hydrogen-bond acceptors (Lipinski definition) is 2. The number of hydrogen-bond donors (Lipinski definition) is 0. The summed E-state index contributed by atoms with van der Waals surface area (Å²) in [6.45, 7) is 7.48. The van der Waals surface area contributed by atoms with Crippen molar-refractivity contribution in [2.24, 2.45) is 0 Å². The molecule has 0 bridgehead atoms. The summed E-state index contributed by atoms with van der Waals surface area (Å²) in [7, 11) is 0. The third kappa shape index (κ3) is 2.42. The Balaban J connectivity index is 2.71. The first-order valence-corrected chi connectivity index (χ1v) is 3.44. The van der Waals surface area contributed by atoms with Gasteiger partial charge >= 0.3 is 0 Å². The second kappa shape index (κ2) is 3.19. The molecule has 0 unspecified atom stereocenters. The average molecular weight is 149 g/mol. The van der Waals surface area contributed by atoms with Crippen LogP contribution in [0.25, 0.3) is 6.08 Å². The van der Waals surface area contributed by atoms with Crippen molar-refractivity contribution >= 4 is 6.08 Å². The molecule has 0 radical (unpaired) electrons. The second-order valence-electron chi connectivity index (χ2n) is 2.46. The van der Waals surface area contributed by atoms with Crippen LogP contribution >= 0.6 is 0 Å². The normalized spacial score (nSPS) is 10.7. The van der Waals surface area contributed by atoms with E-state index in [0.29, 0.717) is 5.89 Å². The molecule has 1 heterocycles. The van der Waals surface area contributed by atoms with Crippen LogP contribution in [0.15, 0.2) is 28.8 Å². The summed E-state index contributed by atoms with van der Waals surface area (Å²) in [5, 5.41) is 0. The van der Waals surface area contributed by atoms with Crippen LogP contribution < -0.4 is 0 Å². The van der Waals surface area contributed by atoms with E-state index in [0.717, 1.165) is 11.3 Å². The number of rotatable bonds is 2. The van der Waals surface area contributed by atoms with Gasteiger partial charge in [0.1, 0.15) is 5.76 Å². The third-order valence-corrected chi connectivity index (χ3v) is 1.17. The number of aromatic nitrogens is 1. The molecule has 0 spiro atoms. The van der Waals surface area contributed by atoms with Crippen molar-refractivity contribution < 1.29 is 4.42 Å². The van der Waals surface area contributed by atoms with E-state index < -0.39 is 0 Å². The van der Waals surface area contributed by atoms with E-state index in [9.17, 15) is 0 Å². The molecule has 0 aliphatic carbocycles. The van der Waals surface area contributed by atoms with Gasteiger partial charge in [-0.15, -0.1) is 0 Å². The van der Waals surface area contributed by atoms with E-state index in [2.05, 4.69) is 11.6 Å². The van der Waals surface area contributed by atoms with E-state index in [4.69, 9.17) is 4.42 Å². The Morgan fingerprint density at radius 3 is 2.91 bits per heavy atom. The van der Waals surface area contributed by atoms with Gasteiger partial charge in [0.2, 0.25) is 0 Å². The first-order chi connectivity index (χ1) is 5.18. The lowest BCUT2D eigenvalue weighted by atomic mass is 10.3. The minimum absolute atomic E-state index is 0.686. The lowest BCUT2D eigenvalue weighted by Gasteiger charge is -1.83. The van der Waals surface area contributed by atoms with Crippen LogP contribution in [-0.4, -0.2) is 4.98 Å². The number of nitrogens with zero attached hydrogens (tertiary/aromatic N) is 1. The largest absolute Gasteiger partial charge is 0.442 e. The molecule has 0 atom stereocenters. The van der Waals surface area contributed by atoms with Crippen molar-refractivity contribution in [1.82, 2.24) is 4.98 Å². The molecule has 0 saturated carbocycles. The summed E-state index contributed by atoms with van der Waals surface area (Å²) < 4.78 is 5.19. The van der Waals surface area contributed by atoms with Crippen LogP contribution in [0.2, 0.25) is 0 Å². The SMILES string of the molecule is C=C(C)/C=C\c1cnc(C)o1. The zero-order valence-electron chi connectivity index (χ0n) is 6.79. The lowest BCUT2D eigenvalue weighted by molar-refractivity contribution is 0.513. The van der Waals surface area contributed by atoms with Crippen LogP contribution in [0.5, 0.6) is 0 Å². The fraction of sp³-hybridized carbons (Fsp3) is 0.222. The maximum atomic E-state index is 5.19. The Morgan fingerprint density at radius 2 is 2.45 bits per heavy atom. The molecule has 2 heteroatoms. The Hall–Kier alpha value is -1.31. The van der Waals surface area contributed by atoms with Gasteiger partial charge in [0.25, 0.3) is 0 Å². The summed E-state index contributed by atoms with van der Waals surface area (Å²) in [6, 6.07) is 0. The highest BCUT2D eigenvalue weighted by Crippen LogP contribution is 2.05. The molecule has 0 fully saturated rings. The van der Waals surface area contributed by atoms with E-state index in [1.54, 1.807) is 6.20 Å². The van der Waals surface area contributed by atoms with Gasteiger partial charge < -0.3 is 4.42 Å². The van der Waals surface area contributed by atoms with E-state index in [1.807, 2.05) is 26.0 Å². The molecule has 0 amide bonds. The predicted octanol–water partition coefficient (Wildman–Crippen LogP) is 2.57. The Bertz CT molecular complexity index is 284. The van der Waals surface area contributed by atoms with Gasteiger partial charge in [0.15, 0.2) is 5.89 Å². The average Bonchev–Trinajstić information content (AvgIpc) is 2.31. The first-order valence-electron chi connectivity index (χ1n) is 3.44. The van der Waals surface area contributed by atoms with Crippen LogP contribution in [0, 0.1) is 6.92 Å². The fourth-order valence-electron chi connectivity index (χ4n) is 0.679. The van der Waals surface area contributed by atoms with Gasteiger partial charge in [0, 0.05) is 6.92 Å². The molecule has 58 valence electrons. The minimum atomic E-state index is 0.686. The van der Waals surface area contributed by atoms with Crippen molar-refractivity contribution in [3.8, 4) is 0 Å². The maximum absolute atomic E-state index is 5.19. The molecule has 1 aromatic rings. The molecule has 0 saturated heterocycles. The summed E-state index contributed by atoms with van der Waals surface area (Å²) in [4.78, 5) is 3.95. The highest BCUT2D eigenvalue weighted by molar-refractivity contribution is 5.45. The first kappa shape index (κ1) is 7.79. The molecule has 0 aliphatic rings. The second-order valence-corrected chi connectivity index (χ2v) is 2.46. The fourth-order valence-corrected chi connectivity index (χ4v) is 0.679. The maximum Gasteiger partial charge on any atom is 0.191 e. The Morgan fingerprint density at radius 1 is 1.73 bits per heavy atom. The van der Waals surface area contributed by atoms with Gasteiger partial charge in [-0.2, -0.15) is 0 Å². The molecular weight excluding hydrogens is 138 g/mol. The third-order valence-electron chi connectivity index (χ3n) is 1.17. The Kier molecular flexibility index (Phi) is 2.26. The topological polar surface area (TPSA) is 26.0 Å². The van der Waals surface area contributed by atoms with Gasteiger partial charge in [-0.05, 0) is 13.0 Å². The van der Waals surface area contributed by atoms with Crippen LogP contribution in [0.3, 0.4) is 0 Å². The summed E-state index contributed by atoms with van der Waals surface area (Å²) in [5.74, 6) is 1.46. The number of aryl methyl sites for hydroxylation is 1. The lowest BCUT2D eigenvalue weighted by Crippen LogP contribution is -1.63. The monoisotopic (exact) mass is 149 g/mol. The zero-order valence-corrected chi connectivity index (χ0v) is 6.79. The minimum Gasteiger partial charge on any atom is -0.442 e. The summed E-state index contributed by atoms with van der Waals surface area (Å²) in [6.07, 6.45) is 5.43. The molecule has 0 N–H and O–H groups in total. The van der Waals surface area contributed by atoms with Gasteiger partial charge in [-0.25, -0.2) is 4.98 Å². The molecule has 0 aliphatic heterocycles. The highest BCUT2D eigenvalue weighted by atomic mass is 16.3. The molecule has 0 aromatic carbocycles. The van der Waals surface area contributed by atoms with Crippen LogP contribution in [0.1, 0.15) is 18.6 Å². The van der Waals surface area contributed by atoms with Gasteiger partial charge in [0.05, 0.1) is 6.20 Å². The van der Waals surface area contributed by atoms with Gasteiger partial charge in [-0.1, -0.05) is 18.2 Å². The number of allylic oxidation sites excluding steroid dienone is 2. The number of oxazole rings is 1. The summed E-state index contributed by atoms with van der Waals surface area (Å²) >= 11 is 0. The standard InChI is InChI=1S/C9H11NO/c1-7(2)4-5-9-6-10-8(3)11-9/h4-6H,1H2,2-3H3/b5-4-. The van der Waals surface area contributed by atoms with Gasteiger partial charge in [-0.3, -0.25) is 0 Å². The molecule has 11 heavy (non-hydrogen) atoms. The van der Waals surface area contributed by atoms with E-state index >= 15 is 0 Å². The summed E-state index contributed by atoms with van der Waals surface area (Å²) in [5.41, 5.74) is 0.999. The van der Waals surface area contributed by atoms with Crippen LogP contribution in [0.4, 0.5) is 0 Å². The van der Waals surface area contributed by atoms with Crippen molar-refractivity contribution in [3.63, 3.8) is 0 Å². The smallest absolute Gasteiger partial charge is 0.191 e. The predicted molar refractivity (Wildman–Crippen MR) is 45.1 cm³/mol. The molecular formula is C9H11NO. The molecule has 1 rings (SSSR count). The van der Waals surface area contributed by atoms with Crippen LogP contribution in [-0.2, 0) is 0 Å². The van der Waals surface area contributed by atoms with E-state index in [1.165, 1.54) is 0 Å².